The Bertz CT molecular complexity index is 615. The molecule has 2 heteroatoms. The quantitative estimate of drug-likeness (QED) is 0.778. The molecule has 0 bridgehead atoms. The van der Waals surface area contributed by atoms with Crippen molar-refractivity contribution in [1.29, 1.82) is 0 Å². The van der Waals surface area contributed by atoms with E-state index in [1.165, 1.54) is 22.5 Å². The zero-order valence-corrected chi connectivity index (χ0v) is 12.8. The monoisotopic (exact) mass is 279 g/mol. The summed E-state index contributed by atoms with van der Waals surface area (Å²) in [6.45, 7) is 4.26. The van der Waals surface area contributed by atoms with Crippen LogP contribution in [-0.4, -0.2) is 13.3 Å². The second kappa shape index (κ2) is 5.36. The van der Waals surface area contributed by atoms with Crippen LogP contribution in [-0.2, 0) is 4.79 Å². The van der Waals surface area contributed by atoms with E-state index in [-0.39, 0.29) is 11.8 Å². The maximum absolute atomic E-state index is 11.7. The molecule has 0 fully saturated rings. The highest BCUT2D eigenvalue weighted by Crippen LogP contribution is 2.48. The van der Waals surface area contributed by atoms with Crippen LogP contribution in [0, 0.1) is 11.8 Å². The smallest absolute Gasteiger partial charge is 0.124 e. The van der Waals surface area contributed by atoms with Gasteiger partial charge in [0.25, 0.3) is 0 Å². The number of para-hydroxylation sites is 2. The van der Waals surface area contributed by atoms with Crippen LogP contribution < -0.4 is 4.90 Å². The number of hydrogen-bond acceptors (Lipinski definition) is 2. The Morgan fingerprint density at radius 2 is 1.43 bits per heavy atom. The van der Waals surface area contributed by atoms with Crippen LogP contribution >= 0.6 is 0 Å². The van der Waals surface area contributed by atoms with E-state index in [0.717, 1.165) is 6.29 Å². The summed E-state index contributed by atoms with van der Waals surface area (Å²) in [7, 11) is 2.10. The van der Waals surface area contributed by atoms with Crippen molar-refractivity contribution in [3.63, 3.8) is 0 Å². The van der Waals surface area contributed by atoms with Gasteiger partial charge in [0.2, 0.25) is 0 Å². The molecule has 2 nitrogen and oxygen atoms in total. The molecule has 0 spiro atoms. The number of carbonyl (C=O) groups excluding carboxylic acids is 1. The largest absolute Gasteiger partial charge is 0.344 e. The molecular formula is C19H21NO. The molecule has 2 aromatic rings. The van der Waals surface area contributed by atoms with Crippen molar-refractivity contribution in [3.05, 3.63) is 59.7 Å². The van der Waals surface area contributed by atoms with Crippen LogP contribution in [0.2, 0.25) is 0 Å². The summed E-state index contributed by atoms with van der Waals surface area (Å²) in [5.41, 5.74) is 4.91. The normalized spacial score (nSPS) is 15.5. The average molecular weight is 279 g/mol. The molecule has 21 heavy (non-hydrogen) atoms. The molecule has 1 heterocycles. The van der Waals surface area contributed by atoms with Crippen molar-refractivity contribution < 1.29 is 4.79 Å². The predicted molar refractivity (Wildman–Crippen MR) is 87.2 cm³/mol. The van der Waals surface area contributed by atoms with Gasteiger partial charge in [0, 0.05) is 30.3 Å². The lowest BCUT2D eigenvalue weighted by atomic mass is 9.73. The highest BCUT2D eigenvalue weighted by molar-refractivity contribution is 5.77. The van der Waals surface area contributed by atoms with Gasteiger partial charge >= 0.3 is 0 Å². The number of fused-ring (bicyclic) bond motifs is 2. The fraction of sp³-hybridized carbons (Fsp3) is 0.316. The third-order valence-corrected chi connectivity index (χ3v) is 4.58. The van der Waals surface area contributed by atoms with Gasteiger partial charge in [-0.2, -0.15) is 0 Å². The van der Waals surface area contributed by atoms with Crippen molar-refractivity contribution in [3.8, 4) is 0 Å². The highest BCUT2D eigenvalue weighted by atomic mass is 16.1. The van der Waals surface area contributed by atoms with Gasteiger partial charge in [-0.1, -0.05) is 50.2 Å². The first-order chi connectivity index (χ1) is 10.1. The fourth-order valence-electron chi connectivity index (χ4n) is 3.44. The van der Waals surface area contributed by atoms with Crippen molar-refractivity contribution in [2.45, 2.75) is 19.8 Å². The SMILES string of the molecule is CC(C)[C@H](C=O)C1c2ccccc2N(C)c2ccccc21. The number of carbonyl (C=O) groups is 1. The molecule has 0 aliphatic carbocycles. The Morgan fingerprint density at radius 3 is 1.86 bits per heavy atom. The van der Waals surface area contributed by atoms with Crippen LogP contribution in [0.25, 0.3) is 0 Å². The molecule has 0 unspecified atom stereocenters. The zero-order valence-electron chi connectivity index (χ0n) is 12.8. The molecule has 0 N–H and O–H groups in total. The van der Waals surface area contributed by atoms with E-state index >= 15 is 0 Å². The predicted octanol–water partition coefficient (Wildman–Crippen LogP) is 4.37. The summed E-state index contributed by atoms with van der Waals surface area (Å²) in [4.78, 5) is 14.0. The number of aldehydes is 1. The van der Waals surface area contributed by atoms with Crippen molar-refractivity contribution >= 4 is 17.7 Å². The van der Waals surface area contributed by atoms with E-state index in [1.54, 1.807) is 0 Å². The summed E-state index contributed by atoms with van der Waals surface area (Å²) in [6.07, 6.45) is 1.13. The van der Waals surface area contributed by atoms with Gasteiger partial charge in [-0.05, 0) is 29.2 Å². The summed E-state index contributed by atoms with van der Waals surface area (Å²) in [6, 6.07) is 16.8. The van der Waals surface area contributed by atoms with Crippen LogP contribution in [0.5, 0.6) is 0 Å². The molecule has 3 rings (SSSR count). The Kier molecular flexibility index (Phi) is 3.54. The molecule has 1 aliphatic heterocycles. The summed E-state index contributed by atoms with van der Waals surface area (Å²) < 4.78 is 0. The van der Waals surface area contributed by atoms with Crippen LogP contribution in [0.4, 0.5) is 11.4 Å². The second-order valence-electron chi connectivity index (χ2n) is 6.11. The first-order valence-electron chi connectivity index (χ1n) is 7.52. The topological polar surface area (TPSA) is 20.3 Å². The second-order valence-corrected chi connectivity index (χ2v) is 6.11. The molecule has 1 aliphatic rings. The Balaban J connectivity index is 2.24. The van der Waals surface area contributed by atoms with Crippen molar-refractivity contribution in [2.75, 3.05) is 11.9 Å². The molecule has 108 valence electrons. The first kappa shape index (κ1) is 13.9. The Hall–Kier alpha value is -2.09. The minimum Gasteiger partial charge on any atom is -0.344 e. The Labute approximate surface area is 126 Å². The molecule has 0 saturated heterocycles. The maximum atomic E-state index is 11.7. The highest BCUT2D eigenvalue weighted by Gasteiger charge is 2.35. The van der Waals surface area contributed by atoms with Gasteiger partial charge in [0.05, 0.1) is 0 Å². The van der Waals surface area contributed by atoms with Gasteiger partial charge in [-0.15, -0.1) is 0 Å². The van der Waals surface area contributed by atoms with Gasteiger partial charge in [-0.25, -0.2) is 0 Å². The van der Waals surface area contributed by atoms with E-state index in [1.807, 2.05) is 0 Å². The summed E-state index contributed by atoms with van der Waals surface area (Å²) >= 11 is 0. The van der Waals surface area contributed by atoms with E-state index in [2.05, 4.69) is 74.3 Å². The van der Waals surface area contributed by atoms with E-state index < -0.39 is 0 Å². The van der Waals surface area contributed by atoms with E-state index in [4.69, 9.17) is 0 Å². The third-order valence-electron chi connectivity index (χ3n) is 4.58. The number of hydrogen-bond donors (Lipinski definition) is 0. The summed E-state index contributed by atoms with van der Waals surface area (Å²) in [5.74, 6) is 0.462. The van der Waals surface area contributed by atoms with Gasteiger partial charge in [-0.3, -0.25) is 0 Å². The maximum Gasteiger partial charge on any atom is 0.124 e. The number of benzene rings is 2. The van der Waals surface area contributed by atoms with E-state index in [9.17, 15) is 4.79 Å². The van der Waals surface area contributed by atoms with Crippen molar-refractivity contribution in [2.24, 2.45) is 11.8 Å². The minimum absolute atomic E-state index is 0.000926. The van der Waals surface area contributed by atoms with Crippen molar-refractivity contribution in [1.82, 2.24) is 0 Å². The third kappa shape index (κ3) is 2.15. The molecule has 0 saturated carbocycles. The fourth-order valence-corrected chi connectivity index (χ4v) is 3.44. The standard InChI is InChI=1S/C19H21NO/c1-13(2)16(12-21)19-14-8-4-6-10-17(14)20(3)18-11-7-5-9-15(18)19/h4-13,16,19H,1-3H3/t16-/m0/s1. The molecule has 0 aromatic heterocycles. The lowest BCUT2D eigenvalue weighted by molar-refractivity contribution is -0.112. The van der Waals surface area contributed by atoms with E-state index in [0.29, 0.717) is 5.92 Å². The zero-order chi connectivity index (χ0) is 15.0. The van der Waals surface area contributed by atoms with Gasteiger partial charge in [0.1, 0.15) is 6.29 Å². The number of rotatable bonds is 3. The molecule has 0 radical (unpaired) electrons. The van der Waals surface area contributed by atoms with Gasteiger partial charge in [0.15, 0.2) is 0 Å². The first-order valence-corrected chi connectivity index (χ1v) is 7.52. The van der Waals surface area contributed by atoms with Crippen LogP contribution in [0.3, 0.4) is 0 Å². The molecule has 1 atom stereocenters. The average Bonchev–Trinajstić information content (AvgIpc) is 2.51. The molecule has 2 aromatic carbocycles. The minimum atomic E-state index is 0.000926. The van der Waals surface area contributed by atoms with Crippen LogP contribution in [0.15, 0.2) is 48.5 Å². The lowest BCUT2D eigenvalue weighted by Crippen LogP contribution is -2.28. The van der Waals surface area contributed by atoms with Gasteiger partial charge < -0.3 is 9.69 Å². The summed E-state index contributed by atoms with van der Waals surface area (Å²) in [5, 5.41) is 0. The molecular weight excluding hydrogens is 258 g/mol. The van der Waals surface area contributed by atoms with Crippen LogP contribution in [0.1, 0.15) is 30.9 Å². The Morgan fingerprint density at radius 1 is 0.952 bits per heavy atom. The number of anilines is 2. The number of nitrogens with zero attached hydrogens (tertiary/aromatic N) is 1. The molecule has 0 amide bonds. The lowest BCUT2D eigenvalue weighted by Gasteiger charge is -2.38.